The molecule has 0 aromatic rings. The second kappa shape index (κ2) is 11.0. The summed E-state index contributed by atoms with van der Waals surface area (Å²) in [4.78, 5) is 21.8. The number of nitrogens with one attached hydrogen (secondary N) is 1. The van der Waals surface area contributed by atoms with Crippen molar-refractivity contribution in [1.29, 1.82) is 0 Å². The highest BCUT2D eigenvalue weighted by molar-refractivity contribution is 5.75. The number of rotatable bonds is 11. The normalized spacial score (nSPS) is 12.1. The van der Waals surface area contributed by atoms with Gasteiger partial charge in [-0.3, -0.25) is 9.59 Å². The van der Waals surface area contributed by atoms with Gasteiger partial charge in [0.25, 0.3) is 0 Å². The predicted molar refractivity (Wildman–Crippen MR) is 71.2 cm³/mol. The largest absolute Gasteiger partial charge is 0.481 e. The first-order valence-electron chi connectivity index (χ1n) is 6.74. The molecule has 106 valence electrons. The maximum Gasteiger partial charge on any atom is 0.303 e. The molecule has 0 aliphatic carbocycles. The number of carboxylic acids is 1. The third kappa shape index (κ3) is 11.4. The van der Waals surface area contributed by atoms with Gasteiger partial charge >= 0.3 is 5.97 Å². The molecule has 5 heteroatoms. The lowest BCUT2D eigenvalue weighted by Crippen LogP contribution is -2.25. The van der Waals surface area contributed by atoms with Crippen LogP contribution in [0.25, 0.3) is 0 Å². The first-order chi connectivity index (χ1) is 8.56. The maximum absolute atomic E-state index is 11.4. The van der Waals surface area contributed by atoms with Gasteiger partial charge in [0.1, 0.15) is 0 Å². The standard InChI is InChI=1S/C13H26N2O3/c1-11(6-7-13(17)18)8-10-15-12(16)5-3-2-4-9-14/h11H,2-10,14H2,1H3,(H,15,16)(H,17,18). The van der Waals surface area contributed by atoms with Crippen LogP contribution >= 0.6 is 0 Å². The van der Waals surface area contributed by atoms with E-state index in [1.54, 1.807) is 0 Å². The molecule has 0 saturated heterocycles. The van der Waals surface area contributed by atoms with Crippen LogP contribution in [0.5, 0.6) is 0 Å². The van der Waals surface area contributed by atoms with Crippen LogP contribution in [0.1, 0.15) is 51.9 Å². The zero-order valence-electron chi connectivity index (χ0n) is 11.3. The zero-order valence-corrected chi connectivity index (χ0v) is 11.3. The Balaban J connectivity index is 3.41. The molecule has 0 heterocycles. The second-order valence-electron chi connectivity index (χ2n) is 4.78. The van der Waals surface area contributed by atoms with Crippen molar-refractivity contribution in [2.75, 3.05) is 13.1 Å². The van der Waals surface area contributed by atoms with Gasteiger partial charge in [-0.25, -0.2) is 0 Å². The molecule has 0 spiro atoms. The van der Waals surface area contributed by atoms with E-state index in [9.17, 15) is 9.59 Å². The van der Waals surface area contributed by atoms with Crippen LogP contribution < -0.4 is 11.1 Å². The number of carboxylic acid groups (broad SMARTS) is 1. The van der Waals surface area contributed by atoms with Gasteiger partial charge in [-0.15, -0.1) is 0 Å². The SMILES string of the molecule is CC(CCNC(=O)CCCCCN)CCC(=O)O. The van der Waals surface area contributed by atoms with Gasteiger partial charge in [-0.1, -0.05) is 13.3 Å². The summed E-state index contributed by atoms with van der Waals surface area (Å²) < 4.78 is 0. The van der Waals surface area contributed by atoms with Crippen LogP contribution in [0.2, 0.25) is 0 Å². The molecule has 4 N–H and O–H groups in total. The monoisotopic (exact) mass is 258 g/mol. The highest BCUT2D eigenvalue weighted by atomic mass is 16.4. The number of aliphatic carboxylic acids is 1. The Labute approximate surface area is 109 Å². The first-order valence-corrected chi connectivity index (χ1v) is 6.74. The number of unbranched alkanes of at least 4 members (excludes halogenated alkanes) is 2. The van der Waals surface area contributed by atoms with Crippen LogP contribution in [-0.4, -0.2) is 30.1 Å². The van der Waals surface area contributed by atoms with Gasteiger partial charge in [-0.05, 0) is 38.1 Å². The quantitative estimate of drug-likeness (QED) is 0.490. The molecule has 18 heavy (non-hydrogen) atoms. The van der Waals surface area contributed by atoms with Crippen molar-refractivity contribution in [2.24, 2.45) is 11.7 Å². The van der Waals surface area contributed by atoms with Gasteiger partial charge in [0.2, 0.25) is 5.91 Å². The van der Waals surface area contributed by atoms with Gasteiger partial charge in [0.15, 0.2) is 0 Å². The maximum atomic E-state index is 11.4. The molecule has 0 aromatic carbocycles. The van der Waals surface area contributed by atoms with Crippen LogP contribution in [0, 0.1) is 5.92 Å². The Hall–Kier alpha value is -1.10. The van der Waals surface area contributed by atoms with Crippen molar-refractivity contribution < 1.29 is 14.7 Å². The minimum Gasteiger partial charge on any atom is -0.481 e. The van der Waals surface area contributed by atoms with Crippen molar-refractivity contribution in [2.45, 2.75) is 51.9 Å². The average molecular weight is 258 g/mol. The molecule has 0 aromatic heterocycles. The van der Waals surface area contributed by atoms with Crippen molar-refractivity contribution in [3.8, 4) is 0 Å². The van der Waals surface area contributed by atoms with Crippen molar-refractivity contribution in [1.82, 2.24) is 5.32 Å². The molecule has 0 bridgehead atoms. The molecule has 0 fully saturated rings. The van der Waals surface area contributed by atoms with Crippen molar-refractivity contribution >= 4 is 11.9 Å². The Kier molecular flexibility index (Phi) is 10.3. The minimum atomic E-state index is -0.759. The smallest absolute Gasteiger partial charge is 0.303 e. The van der Waals surface area contributed by atoms with Crippen LogP contribution in [0.4, 0.5) is 0 Å². The molecule has 0 saturated carbocycles. The van der Waals surface area contributed by atoms with Crippen molar-refractivity contribution in [3.63, 3.8) is 0 Å². The molecular formula is C13H26N2O3. The fourth-order valence-electron chi connectivity index (χ4n) is 1.67. The van der Waals surface area contributed by atoms with E-state index in [-0.39, 0.29) is 12.3 Å². The fraction of sp³-hybridized carbons (Fsp3) is 0.846. The van der Waals surface area contributed by atoms with E-state index in [4.69, 9.17) is 10.8 Å². The Bertz CT molecular complexity index is 244. The average Bonchev–Trinajstić information content (AvgIpc) is 2.32. The fourth-order valence-corrected chi connectivity index (χ4v) is 1.67. The molecule has 0 aliphatic rings. The highest BCUT2D eigenvalue weighted by Crippen LogP contribution is 2.09. The third-order valence-electron chi connectivity index (χ3n) is 2.92. The van der Waals surface area contributed by atoms with E-state index in [1.165, 1.54) is 0 Å². The van der Waals surface area contributed by atoms with E-state index < -0.39 is 5.97 Å². The third-order valence-corrected chi connectivity index (χ3v) is 2.92. The van der Waals surface area contributed by atoms with E-state index in [0.717, 1.165) is 25.7 Å². The Morgan fingerprint density at radius 1 is 1.17 bits per heavy atom. The Morgan fingerprint density at radius 3 is 2.50 bits per heavy atom. The summed E-state index contributed by atoms with van der Waals surface area (Å²) in [6.45, 7) is 3.33. The summed E-state index contributed by atoms with van der Waals surface area (Å²) in [5, 5.41) is 11.4. The number of hydrogen-bond donors (Lipinski definition) is 3. The second-order valence-corrected chi connectivity index (χ2v) is 4.78. The highest BCUT2D eigenvalue weighted by Gasteiger charge is 2.06. The summed E-state index contributed by atoms with van der Waals surface area (Å²) in [5.41, 5.74) is 5.37. The van der Waals surface area contributed by atoms with Gasteiger partial charge in [-0.2, -0.15) is 0 Å². The Morgan fingerprint density at radius 2 is 1.89 bits per heavy atom. The number of amides is 1. The number of hydrogen-bond acceptors (Lipinski definition) is 3. The van der Waals surface area contributed by atoms with E-state index in [2.05, 4.69) is 5.32 Å². The molecular weight excluding hydrogens is 232 g/mol. The molecule has 0 rings (SSSR count). The molecule has 0 radical (unpaired) electrons. The first kappa shape index (κ1) is 16.9. The van der Waals surface area contributed by atoms with Crippen molar-refractivity contribution in [3.05, 3.63) is 0 Å². The summed E-state index contributed by atoms with van der Waals surface area (Å²) in [5.74, 6) is -0.345. The number of carbonyl (C=O) groups excluding carboxylic acids is 1. The van der Waals surface area contributed by atoms with Gasteiger partial charge in [0.05, 0.1) is 0 Å². The molecule has 1 amide bonds. The lowest BCUT2D eigenvalue weighted by molar-refractivity contribution is -0.137. The summed E-state index contributed by atoms with van der Waals surface area (Å²) in [7, 11) is 0. The van der Waals surface area contributed by atoms with E-state index >= 15 is 0 Å². The number of carbonyl (C=O) groups is 2. The minimum absolute atomic E-state index is 0.0810. The van der Waals surface area contributed by atoms with Gasteiger partial charge in [0, 0.05) is 19.4 Å². The van der Waals surface area contributed by atoms with Gasteiger partial charge < -0.3 is 16.2 Å². The summed E-state index contributed by atoms with van der Waals surface area (Å²) in [6, 6.07) is 0. The van der Waals surface area contributed by atoms with Crippen LogP contribution in [0.3, 0.4) is 0 Å². The molecule has 1 atom stereocenters. The van der Waals surface area contributed by atoms with E-state index in [1.807, 2.05) is 6.92 Å². The molecule has 5 nitrogen and oxygen atoms in total. The van der Waals surface area contributed by atoms with Crippen LogP contribution in [0.15, 0.2) is 0 Å². The predicted octanol–water partition coefficient (Wildman–Crippen LogP) is 1.51. The summed E-state index contributed by atoms with van der Waals surface area (Å²) >= 11 is 0. The number of nitrogens with two attached hydrogens (primary N) is 1. The lowest BCUT2D eigenvalue weighted by atomic mass is 10.0. The van der Waals surface area contributed by atoms with Crippen LogP contribution in [-0.2, 0) is 9.59 Å². The zero-order chi connectivity index (χ0) is 13.8. The molecule has 1 unspecified atom stereocenters. The van der Waals surface area contributed by atoms with E-state index in [0.29, 0.717) is 31.8 Å². The molecule has 0 aliphatic heterocycles. The topological polar surface area (TPSA) is 92.4 Å². The lowest BCUT2D eigenvalue weighted by Gasteiger charge is -2.10. The summed E-state index contributed by atoms with van der Waals surface area (Å²) in [6.07, 6.45) is 5.12.